The van der Waals surface area contributed by atoms with Crippen LogP contribution in [0.2, 0.25) is 0 Å². The van der Waals surface area contributed by atoms with Gasteiger partial charge in [0.15, 0.2) is 5.78 Å². The molecule has 65 heavy (non-hydrogen) atoms. The number of fused-ring (bicyclic) bond motifs is 3. The number of nitrogens with zero attached hydrogens (tertiary/aromatic N) is 1. The van der Waals surface area contributed by atoms with Crippen molar-refractivity contribution >= 4 is 29.2 Å². The van der Waals surface area contributed by atoms with E-state index >= 15 is 0 Å². The number of esters is 1. The summed E-state index contributed by atoms with van der Waals surface area (Å²) in [6, 6.07) is -1.08. The fourth-order valence-electron chi connectivity index (χ4n) is 10.7. The molecule has 1 amide bonds. The summed E-state index contributed by atoms with van der Waals surface area (Å²) in [6.07, 6.45) is 13.0. The van der Waals surface area contributed by atoms with E-state index in [-0.39, 0.29) is 73.3 Å². The van der Waals surface area contributed by atoms with E-state index in [1.54, 1.807) is 41.1 Å². The Labute approximate surface area is 388 Å². The molecule has 2 saturated carbocycles. The van der Waals surface area contributed by atoms with Gasteiger partial charge in [0.2, 0.25) is 0 Å². The number of aliphatic hydroxyl groups excluding tert-OH is 2. The number of carbonyl (C=O) groups excluding carboxylic acids is 5. The number of hydrogen-bond acceptors (Lipinski definition) is 12. The second-order valence-electron chi connectivity index (χ2n) is 20.1. The van der Waals surface area contributed by atoms with Crippen LogP contribution in [0.4, 0.5) is 0 Å². The Kier molecular flexibility index (Phi) is 21.0. The van der Waals surface area contributed by atoms with E-state index in [0.29, 0.717) is 56.9 Å². The standard InChI is InChI=1S/C52H81NO12/c1-31-16-12-11-13-17-32(2)43(62-8)28-39-20-19-37(7)52(61,30-39)49(58)50(59)53-23-15-14-18-40(53)51(60)65-44(34(4)26-38-21-22-41(54)45(27-38)63-9)29-42(55)33(3)25-36(6)47(57)48(64-10)46(56)35(5)24-31/h11-13,16-17,25,31,33-35,37-41,43-45,47-48,54,57,61H,14-15,18-24,26-30H2,1-10H3/b13-11?,16-12+,32-17?,36-25+/t31-,33-,34-,35-,37-,38?,39+,40?,41-,43+,44?,45-,47?,48+,52+/m1/s1. The molecule has 0 aromatic carbocycles. The predicted molar refractivity (Wildman–Crippen MR) is 248 cm³/mol. The lowest BCUT2D eigenvalue weighted by Crippen LogP contribution is -2.59. The van der Waals surface area contributed by atoms with Gasteiger partial charge in [-0.05, 0) is 132 Å². The molecular weight excluding hydrogens is 831 g/mol. The SMILES string of the molecule is CO[C@H]1C[C@@H]2CC[C@@H](C)[C@@](O)(C2)C(=O)C(=O)N2CCCCC2C(=O)OC([C@H](C)CC2CC[C@@H](O)[C@H](OC)C2)CC(=O)[C@H](C)/C=C(\C)C(O)[C@@H](OC)C(=O)[C@H](C)C[C@H](C)/C=C/C=CC=C1C. The second kappa shape index (κ2) is 25.2. The molecule has 2 aliphatic carbocycles. The summed E-state index contributed by atoms with van der Waals surface area (Å²) < 4.78 is 23.3. The van der Waals surface area contributed by atoms with Gasteiger partial charge in [0.05, 0.1) is 18.3 Å². The Morgan fingerprint density at radius 2 is 1.57 bits per heavy atom. The van der Waals surface area contributed by atoms with Crippen LogP contribution in [0.25, 0.3) is 0 Å². The molecule has 2 heterocycles. The smallest absolute Gasteiger partial charge is 0.329 e. The van der Waals surface area contributed by atoms with Gasteiger partial charge in [0.25, 0.3) is 11.7 Å². The monoisotopic (exact) mass is 912 g/mol. The number of rotatable bonds is 6. The van der Waals surface area contributed by atoms with E-state index < -0.39 is 71.5 Å². The third-order valence-corrected chi connectivity index (χ3v) is 15.1. The fraction of sp³-hybridized carbons (Fsp3) is 0.750. The van der Waals surface area contributed by atoms with Crippen LogP contribution >= 0.6 is 0 Å². The van der Waals surface area contributed by atoms with Crippen LogP contribution in [0.5, 0.6) is 0 Å². The van der Waals surface area contributed by atoms with Crippen LogP contribution in [0.3, 0.4) is 0 Å². The van der Waals surface area contributed by atoms with Crippen molar-refractivity contribution in [2.75, 3.05) is 27.9 Å². The number of amides is 1. The first kappa shape index (κ1) is 54.3. The minimum atomic E-state index is -1.93. The van der Waals surface area contributed by atoms with Crippen LogP contribution in [-0.4, -0.2) is 126 Å². The Morgan fingerprint density at radius 1 is 0.846 bits per heavy atom. The molecule has 366 valence electrons. The molecule has 13 heteroatoms. The lowest BCUT2D eigenvalue weighted by Gasteiger charge is -2.43. The van der Waals surface area contributed by atoms with Gasteiger partial charge in [0.1, 0.15) is 35.7 Å². The fourth-order valence-corrected chi connectivity index (χ4v) is 10.7. The highest BCUT2D eigenvalue weighted by atomic mass is 16.5. The molecule has 15 atom stereocenters. The summed E-state index contributed by atoms with van der Waals surface area (Å²) in [4.78, 5) is 72.1. The zero-order valence-corrected chi connectivity index (χ0v) is 40.9. The van der Waals surface area contributed by atoms with E-state index in [4.69, 9.17) is 18.9 Å². The van der Waals surface area contributed by atoms with E-state index in [0.717, 1.165) is 18.4 Å². The third-order valence-electron chi connectivity index (χ3n) is 15.1. The number of ether oxygens (including phenoxy) is 4. The molecule has 1 saturated heterocycles. The molecule has 3 N–H and O–H groups in total. The summed E-state index contributed by atoms with van der Waals surface area (Å²) in [6.45, 7) is 13.0. The number of methoxy groups -OCH3 is 3. The number of Topliss-reactive ketones (excluding diaryl/α,β-unsaturated/α-hetero) is 3. The molecule has 0 aromatic rings. The van der Waals surface area contributed by atoms with Gasteiger partial charge in [-0.15, -0.1) is 0 Å². The van der Waals surface area contributed by atoms with Crippen molar-refractivity contribution in [2.24, 2.45) is 41.4 Å². The maximum atomic E-state index is 14.4. The zero-order chi connectivity index (χ0) is 48.2. The highest BCUT2D eigenvalue weighted by molar-refractivity contribution is 6.39. The molecule has 4 unspecified atom stereocenters. The van der Waals surface area contributed by atoms with E-state index in [2.05, 4.69) is 0 Å². The van der Waals surface area contributed by atoms with Crippen molar-refractivity contribution in [1.82, 2.24) is 4.90 Å². The highest BCUT2D eigenvalue weighted by Gasteiger charge is 2.51. The molecule has 0 radical (unpaired) electrons. The van der Waals surface area contributed by atoms with Crippen molar-refractivity contribution in [3.8, 4) is 0 Å². The number of carbonyl (C=O) groups is 5. The van der Waals surface area contributed by atoms with Crippen LogP contribution in [0.15, 0.2) is 47.6 Å². The van der Waals surface area contributed by atoms with Crippen molar-refractivity contribution in [3.63, 3.8) is 0 Å². The molecule has 3 fully saturated rings. The van der Waals surface area contributed by atoms with Crippen molar-refractivity contribution in [3.05, 3.63) is 47.6 Å². The summed E-state index contributed by atoms with van der Waals surface area (Å²) >= 11 is 0. The zero-order valence-electron chi connectivity index (χ0n) is 40.9. The molecule has 4 rings (SSSR count). The van der Waals surface area contributed by atoms with Gasteiger partial charge in [-0.2, -0.15) is 0 Å². The van der Waals surface area contributed by atoms with Crippen LogP contribution in [0, 0.1) is 41.4 Å². The summed E-state index contributed by atoms with van der Waals surface area (Å²) in [5.74, 6) is -4.93. The van der Waals surface area contributed by atoms with Gasteiger partial charge < -0.3 is 39.2 Å². The van der Waals surface area contributed by atoms with Crippen molar-refractivity contribution < 1.29 is 58.2 Å². The predicted octanol–water partition coefficient (Wildman–Crippen LogP) is 6.84. The Morgan fingerprint density at radius 3 is 2.25 bits per heavy atom. The number of allylic oxidation sites excluding steroid dienone is 6. The van der Waals surface area contributed by atoms with Gasteiger partial charge in [-0.3, -0.25) is 19.2 Å². The van der Waals surface area contributed by atoms with E-state index in [1.807, 2.05) is 58.1 Å². The average Bonchev–Trinajstić information content (AvgIpc) is 3.28. The lowest BCUT2D eigenvalue weighted by molar-refractivity contribution is -0.171. The molecular formula is C52H81NO12. The van der Waals surface area contributed by atoms with Gasteiger partial charge in [0, 0.05) is 46.1 Å². The first-order chi connectivity index (χ1) is 30.7. The number of aliphatic hydroxyl groups is 3. The van der Waals surface area contributed by atoms with Gasteiger partial charge in [-0.25, -0.2) is 4.79 Å². The quantitative estimate of drug-likeness (QED) is 0.143. The first-order valence-corrected chi connectivity index (χ1v) is 24.2. The molecule has 2 bridgehead atoms. The van der Waals surface area contributed by atoms with Crippen LogP contribution < -0.4 is 0 Å². The number of ketones is 3. The number of hydrogen-bond donors (Lipinski definition) is 3. The van der Waals surface area contributed by atoms with Gasteiger partial charge >= 0.3 is 5.97 Å². The summed E-state index contributed by atoms with van der Waals surface area (Å²) in [5.41, 5.74) is -0.571. The normalized spacial score (nSPS) is 39.1. The minimum absolute atomic E-state index is 0.0358. The Bertz CT molecular complexity index is 1750. The maximum absolute atomic E-state index is 14.4. The second-order valence-corrected chi connectivity index (χ2v) is 20.1. The summed E-state index contributed by atoms with van der Waals surface area (Å²) in [5, 5.41) is 34.1. The van der Waals surface area contributed by atoms with Gasteiger partial charge in [-0.1, -0.05) is 71.1 Å². The van der Waals surface area contributed by atoms with Crippen molar-refractivity contribution in [2.45, 2.75) is 180 Å². The number of cyclic esters (lactones) is 1. The molecule has 2 aliphatic heterocycles. The van der Waals surface area contributed by atoms with Crippen LogP contribution in [-0.2, 0) is 42.9 Å². The highest BCUT2D eigenvalue weighted by Crippen LogP contribution is 2.41. The third kappa shape index (κ3) is 14.3. The Balaban J connectivity index is 1.70. The van der Waals surface area contributed by atoms with E-state index in [1.165, 1.54) is 12.0 Å². The van der Waals surface area contributed by atoms with Crippen LogP contribution in [0.1, 0.15) is 132 Å². The lowest BCUT2D eigenvalue weighted by atomic mass is 9.67. The largest absolute Gasteiger partial charge is 0.460 e. The van der Waals surface area contributed by atoms with E-state index in [9.17, 15) is 39.3 Å². The van der Waals surface area contributed by atoms with Crippen molar-refractivity contribution in [1.29, 1.82) is 0 Å². The molecule has 13 nitrogen and oxygen atoms in total. The molecule has 0 aromatic heterocycles. The topological polar surface area (TPSA) is 186 Å². The maximum Gasteiger partial charge on any atom is 0.329 e. The number of piperidine rings is 1. The molecule has 0 spiro atoms. The minimum Gasteiger partial charge on any atom is -0.460 e. The summed E-state index contributed by atoms with van der Waals surface area (Å²) in [7, 11) is 4.59. The molecule has 4 aliphatic rings. The first-order valence-electron chi connectivity index (χ1n) is 24.2. The average molecular weight is 912 g/mol. The Hall–Kier alpha value is -3.33.